The Kier molecular flexibility index (Phi) is 4.35. The smallest absolute Gasteiger partial charge is 0.362 e. The molecule has 0 aromatic carbocycles. The molecular weight excluding hydrogens is 263 g/mol. The van der Waals surface area contributed by atoms with Crippen LogP contribution in [0.4, 0.5) is 19.0 Å². The fourth-order valence-corrected chi connectivity index (χ4v) is 1.37. The summed E-state index contributed by atoms with van der Waals surface area (Å²) in [5.41, 5.74) is -1.02. The quantitative estimate of drug-likeness (QED) is 0.790. The van der Waals surface area contributed by atoms with Crippen molar-refractivity contribution in [2.75, 3.05) is 33.2 Å². The average Bonchev–Trinajstić information content (AvgIpc) is 2.35. The van der Waals surface area contributed by atoms with E-state index in [4.69, 9.17) is 4.84 Å². The fourth-order valence-electron chi connectivity index (χ4n) is 1.37. The van der Waals surface area contributed by atoms with E-state index in [-0.39, 0.29) is 11.4 Å². The first kappa shape index (κ1) is 15.2. The molecule has 0 aliphatic rings. The second-order valence-corrected chi connectivity index (χ2v) is 3.95. The summed E-state index contributed by atoms with van der Waals surface area (Å²) < 4.78 is 37.8. The molecule has 0 atom stereocenters. The summed E-state index contributed by atoms with van der Waals surface area (Å²) in [5.74, 6) is -0.642. The molecule has 5 nitrogen and oxygen atoms in total. The van der Waals surface area contributed by atoms with E-state index in [0.29, 0.717) is 0 Å². The van der Waals surface area contributed by atoms with Gasteiger partial charge in [-0.15, -0.1) is 0 Å². The van der Waals surface area contributed by atoms with Gasteiger partial charge in [-0.3, -0.25) is 9.63 Å². The van der Waals surface area contributed by atoms with Gasteiger partial charge in [-0.05, 0) is 12.1 Å². The van der Waals surface area contributed by atoms with Gasteiger partial charge in [0.15, 0.2) is 0 Å². The number of nitrogens with zero attached hydrogens (tertiary/aromatic N) is 3. The minimum absolute atomic E-state index is 0.0300. The molecule has 1 rings (SSSR count). The molecule has 0 aliphatic carbocycles. The number of carbonyl (C=O) groups is 1. The molecule has 19 heavy (non-hydrogen) atoms. The number of hydrogen-bond acceptors (Lipinski definition) is 4. The van der Waals surface area contributed by atoms with Gasteiger partial charge in [0.05, 0.1) is 12.7 Å². The predicted molar refractivity (Wildman–Crippen MR) is 62.7 cm³/mol. The summed E-state index contributed by atoms with van der Waals surface area (Å²) in [5, 5.41) is 0.914. The summed E-state index contributed by atoms with van der Waals surface area (Å²) in [6.45, 7) is 0. The number of carbonyl (C=O) groups excluding carboxylic acids is 1. The maximum atomic E-state index is 12.6. The van der Waals surface area contributed by atoms with Crippen molar-refractivity contribution in [3.63, 3.8) is 0 Å². The van der Waals surface area contributed by atoms with E-state index in [1.165, 1.54) is 33.2 Å². The topological polar surface area (TPSA) is 45.7 Å². The lowest BCUT2D eigenvalue weighted by Gasteiger charge is -2.20. The molecule has 1 amide bonds. The molecular formula is C11H14F3N3O2. The molecule has 106 valence electrons. The molecule has 0 bridgehead atoms. The van der Waals surface area contributed by atoms with Gasteiger partial charge in [-0.1, -0.05) is 0 Å². The zero-order valence-electron chi connectivity index (χ0n) is 10.9. The van der Waals surface area contributed by atoms with Crippen LogP contribution in [0, 0.1) is 0 Å². The Morgan fingerprint density at radius 2 is 1.84 bits per heavy atom. The van der Waals surface area contributed by atoms with Crippen LogP contribution in [0.15, 0.2) is 12.1 Å². The highest BCUT2D eigenvalue weighted by Crippen LogP contribution is 2.30. The molecule has 0 saturated carbocycles. The monoisotopic (exact) mass is 277 g/mol. The summed E-state index contributed by atoms with van der Waals surface area (Å²) >= 11 is 0. The second-order valence-electron chi connectivity index (χ2n) is 3.95. The fraction of sp³-hybridized carbons (Fsp3) is 0.455. The Morgan fingerprint density at radius 1 is 1.26 bits per heavy atom. The van der Waals surface area contributed by atoms with Crippen LogP contribution < -0.4 is 4.90 Å². The maximum Gasteiger partial charge on any atom is 0.433 e. The number of rotatable bonds is 3. The largest absolute Gasteiger partial charge is 0.433 e. The van der Waals surface area contributed by atoms with Gasteiger partial charge in [0.1, 0.15) is 11.5 Å². The van der Waals surface area contributed by atoms with Crippen molar-refractivity contribution >= 4 is 11.7 Å². The molecule has 0 saturated heterocycles. The highest BCUT2D eigenvalue weighted by Gasteiger charge is 2.34. The Labute approximate surface area is 108 Å². The Bertz CT molecular complexity index is 475. The first-order chi connectivity index (χ1) is 8.68. The first-order valence-electron chi connectivity index (χ1n) is 5.26. The number of hydrogen-bond donors (Lipinski definition) is 0. The first-order valence-corrected chi connectivity index (χ1v) is 5.26. The van der Waals surface area contributed by atoms with E-state index in [1.54, 1.807) is 0 Å². The van der Waals surface area contributed by atoms with Crippen LogP contribution in [0.2, 0.25) is 0 Å². The molecule has 8 heteroatoms. The minimum Gasteiger partial charge on any atom is -0.362 e. The number of halogens is 3. The van der Waals surface area contributed by atoms with Crippen LogP contribution in [0.25, 0.3) is 0 Å². The molecule has 0 unspecified atom stereocenters. The van der Waals surface area contributed by atoms with Gasteiger partial charge in [0, 0.05) is 21.1 Å². The van der Waals surface area contributed by atoms with Crippen LogP contribution in [-0.2, 0) is 11.0 Å². The van der Waals surface area contributed by atoms with E-state index in [9.17, 15) is 18.0 Å². The van der Waals surface area contributed by atoms with Crippen LogP contribution in [0.1, 0.15) is 16.1 Å². The highest BCUT2D eigenvalue weighted by atomic mass is 19.4. The van der Waals surface area contributed by atoms with Crippen LogP contribution in [0.3, 0.4) is 0 Å². The highest BCUT2D eigenvalue weighted by molar-refractivity contribution is 5.98. The van der Waals surface area contributed by atoms with Gasteiger partial charge in [0.25, 0.3) is 5.91 Å². The average molecular weight is 277 g/mol. The van der Waals surface area contributed by atoms with E-state index >= 15 is 0 Å². The standard InChI is InChI=1S/C11H14F3N3O2/c1-16(2)9-7(10(18)17(3)19-4)5-6-8(15-9)11(12,13)14/h5-6H,1-4H3. The third-order valence-electron chi connectivity index (χ3n) is 2.38. The van der Waals surface area contributed by atoms with Crippen molar-refractivity contribution in [2.24, 2.45) is 0 Å². The lowest BCUT2D eigenvalue weighted by molar-refractivity contribution is -0.141. The van der Waals surface area contributed by atoms with E-state index in [2.05, 4.69) is 4.98 Å². The Balaban J connectivity index is 3.31. The Morgan fingerprint density at radius 3 is 2.26 bits per heavy atom. The van der Waals surface area contributed by atoms with E-state index in [1.807, 2.05) is 0 Å². The normalized spacial score (nSPS) is 11.3. The van der Waals surface area contributed by atoms with Crippen molar-refractivity contribution in [1.29, 1.82) is 0 Å². The summed E-state index contributed by atoms with van der Waals surface area (Å²) in [6.07, 6.45) is -4.56. The minimum atomic E-state index is -4.56. The number of alkyl halides is 3. The number of aromatic nitrogens is 1. The molecule has 0 spiro atoms. The number of pyridine rings is 1. The van der Waals surface area contributed by atoms with Gasteiger partial charge in [-0.25, -0.2) is 10.0 Å². The number of hydroxylamine groups is 2. The van der Waals surface area contributed by atoms with Crippen LogP contribution in [0.5, 0.6) is 0 Å². The lowest BCUT2D eigenvalue weighted by atomic mass is 10.2. The lowest BCUT2D eigenvalue weighted by Crippen LogP contribution is -2.28. The van der Waals surface area contributed by atoms with Crippen molar-refractivity contribution in [3.05, 3.63) is 23.4 Å². The molecule has 1 aromatic rings. The van der Waals surface area contributed by atoms with Crippen molar-refractivity contribution < 1.29 is 22.8 Å². The van der Waals surface area contributed by atoms with Gasteiger partial charge in [0.2, 0.25) is 0 Å². The van der Waals surface area contributed by atoms with Crippen molar-refractivity contribution in [3.8, 4) is 0 Å². The number of anilines is 1. The number of amides is 1. The van der Waals surface area contributed by atoms with Gasteiger partial charge < -0.3 is 4.90 Å². The van der Waals surface area contributed by atoms with Gasteiger partial charge >= 0.3 is 6.18 Å². The molecule has 0 radical (unpaired) electrons. The summed E-state index contributed by atoms with van der Waals surface area (Å²) in [7, 11) is 5.66. The SMILES string of the molecule is CON(C)C(=O)c1ccc(C(F)(F)F)nc1N(C)C. The zero-order valence-corrected chi connectivity index (χ0v) is 10.9. The van der Waals surface area contributed by atoms with Crippen LogP contribution in [-0.4, -0.2) is 44.2 Å². The molecule has 1 heterocycles. The third kappa shape index (κ3) is 3.34. The van der Waals surface area contributed by atoms with Crippen molar-refractivity contribution in [1.82, 2.24) is 10.0 Å². The summed E-state index contributed by atoms with van der Waals surface area (Å²) in [6, 6.07) is 1.85. The van der Waals surface area contributed by atoms with Crippen molar-refractivity contribution in [2.45, 2.75) is 6.18 Å². The Hall–Kier alpha value is -1.83. The molecule has 0 N–H and O–H groups in total. The second kappa shape index (κ2) is 5.43. The van der Waals surface area contributed by atoms with E-state index < -0.39 is 17.8 Å². The third-order valence-corrected chi connectivity index (χ3v) is 2.38. The summed E-state index contributed by atoms with van der Waals surface area (Å²) in [4.78, 5) is 21.4. The predicted octanol–water partition coefficient (Wildman–Crippen LogP) is 1.80. The van der Waals surface area contributed by atoms with Gasteiger partial charge in [-0.2, -0.15) is 13.2 Å². The van der Waals surface area contributed by atoms with Crippen LogP contribution >= 0.6 is 0 Å². The molecule has 0 aliphatic heterocycles. The zero-order chi connectivity index (χ0) is 14.8. The molecule has 1 aromatic heterocycles. The van der Waals surface area contributed by atoms with E-state index in [0.717, 1.165) is 17.2 Å². The maximum absolute atomic E-state index is 12.6. The molecule has 0 fully saturated rings.